The van der Waals surface area contributed by atoms with Crippen LogP contribution in [0.25, 0.3) is 0 Å². The summed E-state index contributed by atoms with van der Waals surface area (Å²) in [5, 5.41) is 2.87. The molecule has 0 saturated heterocycles. The number of carbonyl (C=O) groups excluding carboxylic acids is 1. The Hall–Kier alpha value is -2.73. The third-order valence-electron chi connectivity index (χ3n) is 3.98. The van der Waals surface area contributed by atoms with Gasteiger partial charge in [-0.05, 0) is 48.9 Å². The molecule has 1 atom stereocenters. The first-order chi connectivity index (χ1) is 13.0. The summed E-state index contributed by atoms with van der Waals surface area (Å²) in [7, 11) is 0. The van der Waals surface area contributed by atoms with Crippen molar-refractivity contribution in [3.05, 3.63) is 94.0 Å². The molecule has 2 aromatic carbocycles. The normalized spacial score (nSPS) is 11.7. The SMILES string of the molecule is CC(NC(=O)c1cc(F)cc(Br)c1)c1ccc(OCc2cccnc2)cc1. The van der Waals surface area contributed by atoms with Crippen molar-refractivity contribution < 1.29 is 13.9 Å². The van der Waals surface area contributed by atoms with E-state index >= 15 is 0 Å². The second-order valence-electron chi connectivity index (χ2n) is 6.07. The van der Waals surface area contributed by atoms with Crippen LogP contribution in [0.1, 0.15) is 34.5 Å². The van der Waals surface area contributed by atoms with E-state index in [1.165, 1.54) is 12.1 Å². The van der Waals surface area contributed by atoms with Gasteiger partial charge in [0.2, 0.25) is 0 Å². The Kier molecular flexibility index (Phi) is 6.19. The summed E-state index contributed by atoms with van der Waals surface area (Å²) >= 11 is 3.19. The van der Waals surface area contributed by atoms with Gasteiger partial charge in [0.15, 0.2) is 0 Å². The van der Waals surface area contributed by atoms with Crippen LogP contribution in [0, 0.1) is 5.82 Å². The summed E-state index contributed by atoms with van der Waals surface area (Å²) in [6, 6.07) is 15.2. The maximum absolute atomic E-state index is 13.5. The highest BCUT2D eigenvalue weighted by Gasteiger charge is 2.13. The van der Waals surface area contributed by atoms with Crippen LogP contribution in [0.5, 0.6) is 5.75 Å². The van der Waals surface area contributed by atoms with E-state index in [2.05, 4.69) is 26.2 Å². The summed E-state index contributed by atoms with van der Waals surface area (Å²) in [5.74, 6) is -0.0629. The smallest absolute Gasteiger partial charge is 0.251 e. The highest BCUT2D eigenvalue weighted by Crippen LogP contribution is 2.20. The van der Waals surface area contributed by atoms with Gasteiger partial charge >= 0.3 is 0 Å². The van der Waals surface area contributed by atoms with Crippen LogP contribution in [0.2, 0.25) is 0 Å². The Morgan fingerprint density at radius 2 is 2.00 bits per heavy atom. The first-order valence-corrected chi connectivity index (χ1v) is 9.19. The number of carbonyl (C=O) groups is 1. The standard InChI is InChI=1S/C21H18BrFN2O2/c1-14(25-21(26)17-9-18(22)11-19(23)10-17)16-4-6-20(7-5-16)27-13-15-3-2-8-24-12-15/h2-12,14H,13H2,1H3,(H,25,26). The molecule has 3 aromatic rings. The number of nitrogens with zero attached hydrogens (tertiary/aromatic N) is 1. The number of aromatic nitrogens is 1. The van der Waals surface area contributed by atoms with Crippen LogP contribution in [0.4, 0.5) is 4.39 Å². The summed E-state index contributed by atoms with van der Waals surface area (Å²) < 4.78 is 19.7. The van der Waals surface area contributed by atoms with Crippen molar-refractivity contribution in [1.82, 2.24) is 10.3 Å². The molecule has 3 rings (SSSR count). The molecule has 0 saturated carbocycles. The fourth-order valence-corrected chi connectivity index (χ4v) is 3.02. The molecule has 0 aliphatic rings. The number of halogens is 2. The molecule has 1 aromatic heterocycles. The van der Waals surface area contributed by atoms with E-state index in [0.717, 1.165) is 16.9 Å². The molecule has 1 unspecified atom stereocenters. The minimum Gasteiger partial charge on any atom is -0.489 e. The van der Waals surface area contributed by atoms with Crippen molar-refractivity contribution in [2.24, 2.45) is 0 Å². The topological polar surface area (TPSA) is 51.2 Å². The van der Waals surface area contributed by atoms with Gasteiger partial charge in [-0.25, -0.2) is 4.39 Å². The average molecular weight is 429 g/mol. The number of hydrogen-bond donors (Lipinski definition) is 1. The highest BCUT2D eigenvalue weighted by atomic mass is 79.9. The molecule has 0 spiro atoms. The molecule has 4 nitrogen and oxygen atoms in total. The number of nitrogens with one attached hydrogen (secondary N) is 1. The summed E-state index contributed by atoms with van der Waals surface area (Å²) in [6.45, 7) is 2.31. The predicted octanol–water partition coefficient (Wildman–Crippen LogP) is 5.05. The molecule has 1 heterocycles. The van der Waals surface area contributed by atoms with E-state index in [0.29, 0.717) is 11.1 Å². The van der Waals surface area contributed by atoms with Crippen molar-refractivity contribution in [2.45, 2.75) is 19.6 Å². The molecular formula is C21H18BrFN2O2. The van der Waals surface area contributed by atoms with Crippen LogP contribution in [0.3, 0.4) is 0 Å². The van der Waals surface area contributed by atoms with E-state index in [1.807, 2.05) is 43.3 Å². The van der Waals surface area contributed by atoms with Gasteiger partial charge in [-0.2, -0.15) is 0 Å². The van der Waals surface area contributed by atoms with E-state index in [-0.39, 0.29) is 17.5 Å². The lowest BCUT2D eigenvalue weighted by Gasteiger charge is -2.15. The van der Waals surface area contributed by atoms with Gasteiger partial charge in [0.25, 0.3) is 5.91 Å². The van der Waals surface area contributed by atoms with Gasteiger partial charge in [0.05, 0.1) is 6.04 Å². The quantitative estimate of drug-likeness (QED) is 0.597. The lowest BCUT2D eigenvalue weighted by Crippen LogP contribution is -2.26. The zero-order chi connectivity index (χ0) is 19.2. The van der Waals surface area contributed by atoms with Gasteiger partial charge in [-0.3, -0.25) is 9.78 Å². The lowest BCUT2D eigenvalue weighted by atomic mass is 10.1. The molecule has 1 N–H and O–H groups in total. The van der Waals surface area contributed by atoms with Crippen molar-refractivity contribution in [3.8, 4) is 5.75 Å². The Bertz CT molecular complexity index is 897. The third kappa shape index (κ3) is 5.37. The Balaban J connectivity index is 1.60. The Morgan fingerprint density at radius 3 is 2.67 bits per heavy atom. The summed E-state index contributed by atoms with van der Waals surface area (Å²) in [6.07, 6.45) is 3.48. The van der Waals surface area contributed by atoms with Crippen molar-refractivity contribution in [1.29, 1.82) is 0 Å². The fourth-order valence-electron chi connectivity index (χ4n) is 2.55. The third-order valence-corrected chi connectivity index (χ3v) is 4.44. The van der Waals surface area contributed by atoms with Crippen molar-refractivity contribution in [2.75, 3.05) is 0 Å². The highest BCUT2D eigenvalue weighted by molar-refractivity contribution is 9.10. The lowest BCUT2D eigenvalue weighted by molar-refractivity contribution is 0.0939. The number of pyridine rings is 1. The van der Waals surface area contributed by atoms with Crippen LogP contribution < -0.4 is 10.1 Å². The van der Waals surface area contributed by atoms with Crippen LogP contribution in [0.15, 0.2) is 71.5 Å². The fraction of sp³-hybridized carbons (Fsp3) is 0.143. The van der Waals surface area contributed by atoms with E-state index in [9.17, 15) is 9.18 Å². The number of ether oxygens (including phenoxy) is 1. The molecule has 0 aliphatic heterocycles. The second kappa shape index (κ2) is 8.77. The number of hydrogen-bond acceptors (Lipinski definition) is 3. The summed E-state index contributed by atoms with van der Waals surface area (Å²) in [5.41, 5.74) is 2.18. The van der Waals surface area contributed by atoms with Gasteiger partial charge in [0, 0.05) is 28.0 Å². The van der Waals surface area contributed by atoms with Gasteiger partial charge in [-0.1, -0.05) is 34.1 Å². The first kappa shape index (κ1) is 19.0. The second-order valence-corrected chi connectivity index (χ2v) is 6.99. The van der Waals surface area contributed by atoms with Crippen molar-refractivity contribution in [3.63, 3.8) is 0 Å². The van der Waals surface area contributed by atoms with Gasteiger partial charge in [0.1, 0.15) is 18.2 Å². The molecule has 27 heavy (non-hydrogen) atoms. The monoisotopic (exact) mass is 428 g/mol. The molecular weight excluding hydrogens is 411 g/mol. The Labute approximate surface area is 165 Å². The van der Waals surface area contributed by atoms with E-state index in [1.54, 1.807) is 18.5 Å². The maximum atomic E-state index is 13.5. The van der Waals surface area contributed by atoms with E-state index in [4.69, 9.17) is 4.74 Å². The van der Waals surface area contributed by atoms with Crippen LogP contribution in [-0.4, -0.2) is 10.9 Å². The Morgan fingerprint density at radius 1 is 1.22 bits per heavy atom. The van der Waals surface area contributed by atoms with Crippen LogP contribution in [-0.2, 0) is 6.61 Å². The molecule has 1 amide bonds. The zero-order valence-corrected chi connectivity index (χ0v) is 16.2. The summed E-state index contributed by atoms with van der Waals surface area (Å²) in [4.78, 5) is 16.4. The maximum Gasteiger partial charge on any atom is 0.251 e. The first-order valence-electron chi connectivity index (χ1n) is 8.40. The van der Waals surface area contributed by atoms with Gasteiger partial charge < -0.3 is 10.1 Å². The molecule has 6 heteroatoms. The predicted molar refractivity (Wildman–Crippen MR) is 105 cm³/mol. The van der Waals surface area contributed by atoms with Crippen molar-refractivity contribution >= 4 is 21.8 Å². The largest absolute Gasteiger partial charge is 0.489 e. The molecule has 0 bridgehead atoms. The van der Waals surface area contributed by atoms with Gasteiger partial charge in [-0.15, -0.1) is 0 Å². The minimum atomic E-state index is -0.461. The number of benzene rings is 2. The van der Waals surface area contributed by atoms with E-state index < -0.39 is 5.82 Å². The molecule has 0 aliphatic carbocycles. The van der Waals surface area contributed by atoms with Crippen LogP contribution >= 0.6 is 15.9 Å². The average Bonchev–Trinajstić information content (AvgIpc) is 2.66. The molecule has 0 fully saturated rings. The minimum absolute atomic E-state index is 0.230. The molecule has 138 valence electrons. The number of amides is 1. The number of rotatable bonds is 6. The zero-order valence-electron chi connectivity index (χ0n) is 14.7. The molecule has 0 radical (unpaired) electrons.